The van der Waals surface area contributed by atoms with E-state index >= 15 is 0 Å². The number of carboxylic acids is 4. The Morgan fingerprint density at radius 3 is 0.919 bits per heavy atom. The van der Waals surface area contributed by atoms with E-state index in [9.17, 15) is 28.8 Å². The Bertz CT molecular complexity index is 1010. The zero-order valence-electron chi connectivity index (χ0n) is 19.4. The molecule has 4 N–H and O–H groups in total. The van der Waals surface area contributed by atoms with E-state index in [2.05, 4.69) is 0 Å². The summed E-state index contributed by atoms with van der Waals surface area (Å²) in [4.78, 5) is 68.6. The molecule has 3 rings (SSSR count). The summed E-state index contributed by atoms with van der Waals surface area (Å²) >= 11 is 0. The van der Waals surface area contributed by atoms with Crippen LogP contribution in [0.3, 0.4) is 0 Å². The summed E-state index contributed by atoms with van der Waals surface area (Å²) in [7, 11) is 0. The van der Waals surface area contributed by atoms with Crippen LogP contribution < -0.4 is 0 Å². The molecule has 0 heterocycles. The molecular weight excluding hydrogens is 512 g/mol. The number of carboxylic acid groups (broad SMARTS) is 4. The maximum absolute atomic E-state index is 12.1. The number of nitrogens with zero attached hydrogens (tertiary/aromatic N) is 2. The van der Waals surface area contributed by atoms with Crippen molar-refractivity contribution >= 4 is 47.9 Å². The van der Waals surface area contributed by atoms with Gasteiger partial charge in [0.1, 0.15) is 0 Å². The fourth-order valence-electron chi connectivity index (χ4n) is 3.52. The molecule has 0 saturated heterocycles. The van der Waals surface area contributed by atoms with Crippen molar-refractivity contribution < 1.29 is 49.2 Å². The van der Waals surface area contributed by atoms with Gasteiger partial charge in [0.25, 0.3) is 0 Å². The highest BCUT2D eigenvalue weighted by molar-refractivity contribution is 6.28. The van der Waals surface area contributed by atoms with Gasteiger partial charge in [0, 0.05) is 35.3 Å². The average Bonchev–Trinajstić information content (AvgIpc) is 2.80. The molecule has 2 aromatic carbocycles. The molecule has 0 fully saturated rings. The lowest BCUT2D eigenvalue weighted by atomic mass is 9.84. The number of hydrogen-bond donors (Lipinski definition) is 4. The van der Waals surface area contributed by atoms with E-state index in [1.165, 1.54) is 0 Å². The SMILES string of the molecule is Cl.O=C(O)CN(CCN(CC(=O)O)CC(=O)O)CC(=O)O.O=C1c2ccccc2C(=O)c2ccccc21. The molecule has 1 aliphatic rings. The quantitative estimate of drug-likeness (QED) is 0.270. The first-order valence-electron chi connectivity index (χ1n) is 10.6. The molecule has 37 heavy (non-hydrogen) atoms. The third-order valence-electron chi connectivity index (χ3n) is 5.00. The summed E-state index contributed by atoms with van der Waals surface area (Å²) in [6, 6.07) is 13.9. The van der Waals surface area contributed by atoms with Crippen LogP contribution in [-0.2, 0) is 19.2 Å². The Labute approximate surface area is 217 Å². The number of rotatable bonds is 11. The van der Waals surface area contributed by atoms with Crippen LogP contribution in [0.2, 0.25) is 0 Å². The van der Waals surface area contributed by atoms with Crippen LogP contribution >= 0.6 is 12.4 Å². The normalized spacial score (nSPS) is 11.5. The maximum atomic E-state index is 12.1. The summed E-state index contributed by atoms with van der Waals surface area (Å²) < 4.78 is 0. The van der Waals surface area contributed by atoms with Crippen molar-refractivity contribution in [3.8, 4) is 0 Å². The van der Waals surface area contributed by atoms with Crippen molar-refractivity contribution in [1.82, 2.24) is 9.80 Å². The number of ketones is 2. The van der Waals surface area contributed by atoms with E-state index < -0.39 is 50.1 Å². The first kappa shape index (κ1) is 30.9. The van der Waals surface area contributed by atoms with Crippen molar-refractivity contribution in [2.24, 2.45) is 0 Å². The standard InChI is InChI=1S/C14H8O2.C10H16N2O8.ClH/c15-13-9-5-1-2-6-10(9)14(16)12-8-4-3-7-11(12)13;13-7(14)3-11(4-8(15)16)1-2-12(5-9(17)18)6-10(19)20;/h1-8H;1-6H2,(H,13,14)(H,15,16)(H,17,18)(H,19,20);1H. The fourth-order valence-corrected chi connectivity index (χ4v) is 3.52. The van der Waals surface area contributed by atoms with Gasteiger partial charge in [-0.25, -0.2) is 0 Å². The Hall–Kier alpha value is -4.13. The fraction of sp³-hybridized carbons (Fsp3) is 0.250. The lowest BCUT2D eigenvalue weighted by Crippen LogP contribution is -2.43. The first-order chi connectivity index (χ1) is 17.0. The van der Waals surface area contributed by atoms with E-state index in [0.29, 0.717) is 22.3 Å². The molecule has 0 saturated carbocycles. The van der Waals surface area contributed by atoms with Crippen LogP contribution in [0.25, 0.3) is 0 Å². The van der Waals surface area contributed by atoms with Gasteiger partial charge in [0.05, 0.1) is 26.2 Å². The molecule has 0 aliphatic heterocycles. The smallest absolute Gasteiger partial charge is 0.317 e. The molecule has 0 bridgehead atoms. The second-order valence-corrected chi connectivity index (χ2v) is 7.75. The molecule has 0 radical (unpaired) electrons. The second-order valence-electron chi connectivity index (χ2n) is 7.75. The van der Waals surface area contributed by atoms with Crippen LogP contribution in [0.1, 0.15) is 31.8 Å². The largest absolute Gasteiger partial charge is 0.480 e. The summed E-state index contributed by atoms with van der Waals surface area (Å²) in [5.74, 6) is -5.04. The zero-order valence-corrected chi connectivity index (χ0v) is 20.2. The van der Waals surface area contributed by atoms with E-state index in [-0.39, 0.29) is 37.1 Å². The molecule has 1 aliphatic carbocycles. The number of benzene rings is 2. The van der Waals surface area contributed by atoms with Crippen LogP contribution in [-0.4, -0.2) is 105 Å². The highest BCUT2D eigenvalue weighted by Crippen LogP contribution is 2.26. The van der Waals surface area contributed by atoms with Crippen LogP contribution in [0, 0.1) is 0 Å². The van der Waals surface area contributed by atoms with Crippen LogP contribution in [0.5, 0.6) is 0 Å². The summed E-state index contributed by atoms with van der Waals surface area (Å²) in [5, 5.41) is 34.5. The number of carbonyl (C=O) groups excluding carboxylic acids is 2. The van der Waals surface area contributed by atoms with Gasteiger partial charge in [-0.05, 0) is 0 Å². The van der Waals surface area contributed by atoms with E-state index in [1.807, 2.05) is 0 Å². The van der Waals surface area contributed by atoms with E-state index in [4.69, 9.17) is 20.4 Å². The number of halogens is 1. The van der Waals surface area contributed by atoms with E-state index in [1.54, 1.807) is 48.5 Å². The van der Waals surface area contributed by atoms with Gasteiger partial charge in [-0.1, -0.05) is 48.5 Å². The van der Waals surface area contributed by atoms with Crippen molar-refractivity contribution in [3.63, 3.8) is 0 Å². The number of carbonyl (C=O) groups is 6. The van der Waals surface area contributed by atoms with Gasteiger partial charge in [-0.2, -0.15) is 0 Å². The Kier molecular flexibility index (Phi) is 12.1. The molecule has 0 atom stereocenters. The molecule has 0 aromatic heterocycles. The van der Waals surface area contributed by atoms with Gasteiger partial charge in [0.2, 0.25) is 0 Å². The van der Waals surface area contributed by atoms with Crippen molar-refractivity contribution in [1.29, 1.82) is 0 Å². The molecule has 198 valence electrons. The predicted octanol–water partition coefficient (Wildman–Crippen LogP) is 0.813. The topological polar surface area (TPSA) is 190 Å². The molecule has 2 aromatic rings. The van der Waals surface area contributed by atoms with E-state index in [0.717, 1.165) is 9.80 Å². The lowest BCUT2D eigenvalue weighted by Gasteiger charge is -2.23. The van der Waals surface area contributed by atoms with Crippen LogP contribution in [0.15, 0.2) is 48.5 Å². The molecule has 0 amide bonds. The van der Waals surface area contributed by atoms with Gasteiger partial charge in [-0.3, -0.25) is 38.6 Å². The third kappa shape index (κ3) is 9.44. The van der Waals surface area contributed by atoms with Crippen molar-refractivity contribution in [3.05, 3.63) is 70.8 Å². The lowest BCUT2D eigenvalue weighted by molar-refractivity contribution is -0.145. The Morgan fingerprint density at radius 2 is 0.730 bits per heavy atom. The minimum absolute atomic E-state index is 0. The van der Waals surface area contributed by atoms with Crippen LogP contribution in [0.4, 0.5) is 0 Å². The highest BCUT2D eigenvalue weighted by Gasteiger charge is 2.28. The van der Waals surface area contributed by atoms with Gasteiger partial charge < -0.3 is 20.4 Å². The van der Waals surface area contributed by atoms with Gasteiger partial charge in [-0.15, -0.1) is 12.4 Å². The number of hydrogen-bond acceptors (Lipinski definition) is 8. The Morgan fingerprint density at radius 1 is 0.514 bits per heavy atom. The molecule has 12 nitrogen and oxygen atoms in total. The maximum Gasteiger partial charge on any atom is 0.317 e. The summed E-state index contributed by atoms with van der Waals surface area (Å²) in [5.41, 5.74) is 2.02. The average molecular weight is 537 g/mol. The van der Waals surface area contributed by atoms with Crippen molar-refractivity contribution in [2.45, 2.75) is 0 Å². The summed E-state index contributed by atoms with van der Waals surface area (Å²) in [6.45, 7) is -2.25. The molecule has 0 spiro atoms. The second kappa shape index (κ2) is 14.4. The summed E-state index contributed by atoms with van der Waals surface area (Å²) in [6.07, 6.45) is 0. The minimum atomic E-state index is -1.23. The first-order valence-corrected chi connectivity index (χ1v) is 10.6. The van der Waals surface area contributed by atoms with Gasteiger partial charge in [0.15, 0.2) is 11.6 Å². The Balaban J connectivity index is 0.000000365. The number of fused-ring (bicyclic) bond motifs is 2. The van der Waals surface area contributed by atoms with Gasteiger partial charge >= 0.3 is 23.9 Å². The molecular formula is C24H25ClN2O10. The molecule has 13 heteroatoms. The highest BCUT2D eigenvalue weighted by atomic mass is 35.5. The number of aliphatic carboxylic acids is 4. The molecule has 0 unspecified atom stereocenters. The minimum Gasteiger partial charge on any atom is -0.480 e. The third-order valence-corrected chi connectivity index (χ3v) is 5.00. The monoisotopic (exact) mass is 536 g/mol. The zero-order chi connectivity index (χ0) is 26.8. The van der Waals surface area contributed by atoms with Crippen molar-refractivity contribution in [2.75, 3.05) is 39.3 Å². The predicted molar refractivity (Wildman–Crippen MR) is 130 cm³/mol.